The third-order valence-electron chi connectivity index (χ3n) is 3.87. The van der Waals surface area contributed by atoms with Crippen molar-refractivity contribution in [2.24, 2.45) is 5.41 Å². The number of nitrogens with one attached hydrogen (secondary N) is 1. The van der Waals surface area contributed by atoms with E-state index in [1.807, 2.05) is 4.68 Å². The van der Waals surface area contributed by atoms with Gasteiger partial charge in [0.25, 0.3) is 0 Å². The van der Waals surface area contributed by atoms with Crippen LogP contribution in [0.15, 0.2) is 0 Å². The molecule has 5 heteroatoms. The van der Waals surface area contributed by atoms with Crippen molar-refractivity contribution in [1.29, 1.82) is 0 Å². The number of hydrogen-bond donors (Lipinski definition) is 1. The molecule has 0 amide bonds. The third kappa shape index (κ3) is 3.51. The van der Waals surface area contributed by atoms with Crippen molar-refractivity contribution in [1.82, 2.24) is 25.5 Å². The molecule has 1 aromatic rings. The average molecular weight is 251 g/mol. The highest BCUT2D eigenvalue weighted by molar-refractivity contribution is 4.85. The molecule has 0 radical (unpaired) electrons. The molecule has 2 rings (SSSR count). The van der Waals surface area contributed by atoms with Crippen LogP contribution in [-0.4, -0.2) is 26.2 Å². The highest BCUT2D eigenvalue weighted by Gasteiger charge is 2.28. The molecular weight excluding hydrogens is 226 g/mol. The summed E-state index contributed by atoms with van der Waals surface area (Å²) >= 11 is 0. The van der Waals surface area contributed by atoms with E-state index in [2.05, 4.69) is 41.6 Å². The number of rotatable bonds is 5. The normalized spacial score (nSPS) is 19.3. The second-order valence-corrected chi connectivity index (χ2v) is 6.16. The minimum atomic E-state index is 0.375. The molecule has 1 aliphatic rings. The van der Waals surface area contributed by atoms with Gasteiger partial charge in [-0.2, -0.15) is 0 Å². The van der Waals surface area contributed by atoms with Crippen molar-refractivity contribution in [2.75, 3.05) is 0 Å². The summed E-state index contributed by atoms with van der Waals surface area (Å²) in [6.45, 7) is 8.34. The van der Waals surface area contributed by atoms with Crippen LogP contribution in [-0.2, 0) is 13.1 Å². The second-order valence-electron chi connectivity index (χ2n) is 6.16. The summed E-state index contributed by atoms with van der Waals surface area (Å²) in [5.74, 6) is 0.954. The fraction of sp³-hybridized carbons (Fsp3) is 0.923. The Morgan fingerprint density at radius 2 is 2.00 bits per heavy atom. The smallest absolute Gasteiger partial charge is 0.165 e. The van der Waals surface area contributed by atoms with Crippen LogP contribution in [0.3, 0.4) is 0 Å². The molecule has 0 saturated heterocycles. The van der Waals surface area contributed by atoms with Crippen molar-refractivity contribution >= 4 is 0 Å². The van der Waals surface area contributed by atoms with Gasteiger partial charge < -0.3 is 5.32 Å². The first-order valence-electron chi connectivity index (χ1n) is 7.07. The Hall–Kier alpha value is -0.970. The molecule has 5 nitrogen and oxygen atoms in total. The van der Waals surface area contributed by atoms with E-state index in [1.165, 1.54) is 32.1 Å². The minimum Gasteiger partial charge on any atom is -0.308 e. The molecule has 1 heterocycles. The summed E-state index contributed by atoms with van der Waals surface area (Å²) < 4.78 is 1.99. The quantitative estimate of drug-likeness (QED) is 0.871. The average Bonchev–Trinajstić information content (AvgIpc) is 2.74. The van der Waals surface area contributed by atoms with Crippen LogP contribution in [0, 0.1) is 5.41 Å². The van der Waals surface area contributed by atoms with Crippen molar-refractivity contribution in [2.45, 2.75) is 72.0 Å². The number of tetrazole rings is 1. The molecule has 1 fully saturated rings. The molecule has 18 heavy (non-hydrogen) atoms. The molecule has 0 atom stereocenters. The predicted molar refractivity (Wildman–Crippen MR) is 71.0 cm³/mol. The Kier molecular flexibility index (Phi) is 4.32. The summed E-state index contributed by atoms with van der Waals surface area (Å²) in [5, 5.41) is 15.5. The zero-order valence-corrected chi connectivity index (χ0v) is 11.8. The highest BCUT2D eigenvalue weighted by Crippen LogP contribution is 2.37. The molecule has 102 valence electrons. The minimum absolute atomic E-state index is 0.375. The molecule has 0 bridgehead atoms. The van der Waals surface area contributed by atoms with Gasteiger partial charge in [0.2, 0.25) is 0 Å². The number of aromatic nitrogens is 4. The van der Waals surface area contributed by atoms with Gasteiger partial charge in [-0.3, -0.25) is 0 Å². The fourth-order valence-corrected chi connectivity index (χ4v) is 2.69. The van der Waals surface area contributed by atoms with E-state index in [1.54, 1.807) is 0 Å². The van der Waals surface area contributed by atoms with E-state index < -0.39 is 0 Å². The molecule has 1 N–H and O–H groups in total. The Morgan fingerprint density at radius 1 is 1.28 bits per heavy atom. The molecule has 0 unspecified atom stereocenters. The molecule has 0 spiro atoms. The zero-order valence-electron chi connectivity index (χ0n) is 11.8. The van der Waals surface area contributed by atoms with Gasteiger partial charge in [-0.1, -0.05) is 40.0 Å². The van der Waals surface area contributed by atoms with Gasteiger partial charge in [0.05, 0.1) is 13.1 Å². The van der Waals surface area contributed by atoms with Crippen molar-refractivity contribution in [3.8, 4) is 0 Å². The molecule has 1 aliphatic carbocycles. The molecule has 1 saturated carbocycles. The maximum atomic E-state index is 4.15. The SMILES string of the molecule is CC(C)NCc1nnnn1CC1(C)CCCCC1. The zero-order chi connectivity index (χ0) is 13.0. The summed E-state index contributed by atoms with van der Waals surface area (Å²) in [6, 6.07) is 0.459. The first-order chi connectivity index (χ1) is 8.59. The van der Waals surface area contributed by atoms with Crippen LogP contribution in [0.5, 0.6) is 0 Å². The van der Waals surface area contributed by atoms with Gasteiger partial charge in [0.1, 0.15) is 0 Å². The Bertz CT molecular complexity index is 365. The van der Waals surface area contributed by atoms with Gasteiger partial charge in [0.15, 0.2) is 5.82 Å². The van der Waals surface area contributed by atoms with Crippen LogP contribution >= 0.6 is 0 Å². The maximum absolute atomic E-state index is 4.15. The number of hydrogen-bond acceptors (Lipinski definition) is 4. The first kappa shape index (κ1) is 13.5. The van der Waals surface area contributed by atoms with Crippen molar-refractivity contribution in [3.05, 3.63) is 5.82 Å². The highest BCUT2D eigenvalue weighted by atomic mass is 15.5. The van der Waals surface area contributed by atoms with E-state index >= 15 is 0 Å². The van der Waals surface area contributed by atoms with E-state index in [9.17, 15) is 0 Å². The van der Waals surface area contributed by atoms with Crippen LogP contribution < -0.4 is 5.32 Å². The standard InChI is InChI=1S/C13H25N5/c1-11(2)14-9-12-15-16-17-18(12)10-13(3)7-5-4-6-8-13/h11,14H,4-10H2,1-3H3. The maximum Gasteiger partial charge on any atom is 0.165 e. The predicted octanol–water partition coefficient (Wildman–Crippen LogP) is 2.14. The van der Waals surface area contributed by atoms with Gasteiger partial charge in [-0.15, -0.1) is 5.10 Å². The molecule has 0 aliphatic heterocycles. The molecule has 1 aromatic heterocycles. The summed E-state index contributed by atoms with van der Waals surface area (Å²) in [5.41, 5.74) is 0.375. The first-order valence-corrected chi connectivity index (χ1v) is 7.07. The van der Waals surface area contributed by atoms with Gasteiger partial charge in [-0.25, -0.2) is 4.68 Å². The Balaban J connectivity index is 1.98. The van der Waals surface area contributed by atoms with E-state index in [0.29, 0.717) is 11.5 Å². The third-order valence-corrected chi connectivity index (χ3v) is 3.87. The molecule has 0 aromatic carbocycles. The fourth-order valence-electron chi connectivity index (χ4n) is 2.69. The van der Waals surface area contributed by atoms with Gasteiger partial charge in [0, 0.05) is 6.04 Å². The topological polar surface area (TPSA) is 55.6 Å². The van der Waals surface area contributed by atoms with E-state index in [-0.39, 0.29) is 0 Å². The van der Waals surface area contributed by atoms with E-state index in [4.69, 9.17) is 0 Å². The second kappa shape index (κ2) is 5.78. The number of nitrogens with zero attached hydrogens (tertiary/aromatic N) is 4. The largest absolute Gasteiger partial charge is 0.308 e. The van der Waals surface area contributed by atoms with Gasteiger partial charge >= 0.3 is 0 Å². The van der Waals surface area contributed by atoms with Crippen molar-refractivity contribution in [3.63, 3.8) is 0 Å². The summed E-state index contributed by atoms with van der Waals surface area (Å²) in [7, 11) is 0. The van der Waals surface area contributed by atoms with Crippen molar-refractivity contribution < 1.29 is 0 Å². The van der Waals surface area contributed by atoms with Crippen LogP contribution in [0.1, 0.15) is 58.7 Å². The molecular formula is C13H25N5. The Labute approximate surface area is 109 Å². The Morgan fingerprint density at radius 3 is 2.67 bits per heavy atom. The van der Waals surface area contributed by atoms with E-state index in [0.717, 1.165) is 18.9 Å². The monoisotopic (exact) mass is 251 g/mol. The van der Waals surface area contributed by atoms with Crippen LogP contribution in [0.2, 0.25) is 0 Å². The lowest BCUT2D eigenvalue weighted by atomic mass is 9.76. The lowest BCUT2D eigenvalue weighted by Crippen LogP contribution is -2.30. The van der Waals surface area contributed by atoms with Crippen LogP contribution in [0.4, 0.5) is 0 Å². The lowest BCUT2D eigenvalue weighted by molar-refractivity contribution is 0.172. The lowest BCUT2D eigenvalue weighted by Gasteiger charge is -2.33. The summed E-state index contributed by atoms with van der Waals surface area (Å²) in [4.78, 5) is 0. The van der Waals surface area contributed by atoms with Crippen LogP contribution in [0.25, 0.3) is 0 Å². The van der Waals surface area contributed by atoms with Gasteiger partial charge in [-0.05, 0) is 28.7 Å². The summed E-state index contributed by atoms with van der Waals surface area (Å²) in [6.07, 6.45) is 6.66.